The lowest BCUT2D eigenvalue weighted by molar-refractivity contribution is 0.769. The molecule has 1 rings (SSSR count). The number of aryl methyl sites for hydroxylation is 1. The van der Waals surface area contributed by atoms with Gasteiger partial charge in [0.1, 0.15) is 6.33 Å². The molecule has 0 saturated carbocycles. The lowest BCUT2D eigenvalue weighted by Crippen LogP contribution is -1.98. The molecule has 0 aliphatic heterocycles. The highest BCUT2D eigenvalue weighted by Crippen LogP contribution is 2.03. The minimum absolute atomic E-state index is 0.467. The van der Waals surface area contributed by atoms with Crippen molar-refractivity contribution >= 4 is 23.4 Å². The lowest BCUT2D eigenvalue weighted by atomic mass is 10.7. The van der Waals surface area contributed by atoms with Crippen molar-refractivity contribution in [3.8, 4) is 0 Å². The Hall–Kier alpha value is -0.220. The van der Waals surface area contributed by atoms with E-state index in [0.717, 1.165) is 12.3 Å². The van der Waals surface area contributed by atoms with Crippen LogP contribution in [0.15, 0.2) is 6.33 Å². The van der Waals surface area contributed by atoms with Crippen molar-refractivity contribution in [2.45, 2.75) is 6.54 Å². The molecule has 0 unspecified atom stereocenters. The average molecular weight is 178 g/mol. The highest BCUT2D eigenvalue weighted by molar-refractivity contribution is 7.98. The average Bonchev–Trinajstić information content (AvgIpc) is 2.31. The molecular weight excluding hydrogens is 170 g/mol. The van der Waals surface area contributed by atoms with Gasteiger partial charge in [-0.3, -0.25) is 0 Å². The zero-order valence-electron chi connectivity index (χ0n) is 5.62. The molecular formula is C5H8ClN3S. The Kier molecular flexibility index (Phi) is 3.02. The first kappa shape index (κ1) is 7.88. The molecule has 0 radical (unpaired) electrons. The molecule has 0 saturated heterocycles. The first-order valence-electron chi connectivity index (χ1n) is 2.87. The molecule has 1 aromatic heterocycles. The first-order chi connectivity index (χ1) is 4.84. The van der Waals surface area contributed by atoms with Crippen LogP contribution in [0.1, 0.15) is 0 Å². The summed E-state index contributed by atoms with van der Waals surface area (Å²) in [4.78, 5) is 0. The van der Waals surface area contributed by atoms with E-state index in [4.69, 9.17) is 11.6 Å². The second-order valence-electron chi connectivity index (χ2n) is 1.79. The molecule has 0 fully saturated rings. The quantitative estimate of drug-likeness (QED) is 0.698. The SMILES string of the molecule is CSCCn1cnnc1Cl. The summed E-state index contributed by atoms with van der Waals surface area (Å²) in [5, 5.41) is 7.75. The molecule has 1 heterocycles. The fourth-order valence-electron chi connectivity index (χ4n) is 0.581. The monoisotopic (exact) mass is 177 g/mol. The number of hydrogen-bond acceptors (Lipinski definition) is 3. The second kappa shape index (κ2) is 3.83. The van der Waals surface area contributed by atoms with Gasteiger partial charge in [-0.2, -0.15) is 11.8 Å². The third-order valence-electron chi connectivity index (χ3n) is 1.10. The van der Waals surface area contributed by atoms with Gasteiger partial charge in [-0.1, -0.05) is 0 Å². The van der Waals surface area contributed by atoms with Gasteiger partial charge in [0.05, 0.1) is 0 Å². The van der Waals surface area contributed by atoms with Crippen LogP contribution in [0, 0.1) is 0 Å². The molecule has 0 N–H and O–H groups in total. The minimum Gasteiger partial charge on any atom is -0.304 e. The summed E-state index contributed by atoms with van der Waals surface area (Å²) >= 11 is 7.43. The molecule has 10 heavy (non-hydrogen) atoms. The molecule has 0 aromatic carbocycles. The number of nitrogens with zero attached hydrogens (tertiary/aromatic N) is 3. The van der Waals surface area contributed by atoms with Gasteiger partial charge in [0, 0.05) is 12.3 Å². The lowest BCUT2D eigenvalue weighted by Gasteiger charge is -1.97. The predicted molar refractivity (Wildman–Crippen MR) is 43.4 cm³/mol. The van der Waals surface area contributed by atoms with E-state index in [-0.39, 0.29) is 0 Å². The number of aromatic nitrogens is 3. The third-order valence-corrected chi connectivity index (χ3v) is 1.99. The summed E-state index contributed by atoms with van der Waals surface area (Å²) in [6.07, 6.45) is 3.69. The van der Waals surface area contributed by atoms with Crippen molar-refractivity contribution in [2.75, 3.05) is 12.0 Å². The maximum Gasteiger partial charge on any atom is 0.224 e. The summed E-state index contributed by atoms with van der Waals surface area (Å²) in [5.74, 6) is 1.04. The van der Waals surface area contributed by atoms with Crippen LogP contribution in [-0.4, -0.2) is 26.8 Å². The van der Waals surface area contributed by atoms with Gasteiger partial charge in [-0.15, -0.1) is 10.2 Å². The Balaban J connectivity index is 2.49. The van der Waals surface area contributed by atoms with E-state index in [1.807, 2.05) is 4.57 Å². The third kappa shape index (κ3) is 1.88. The highest BCUT2D eigenvalue weighted by atomic mass is 35.5. The van der Waals surface area contributed by atoms with Crippen molar-refractivity contribution in [1.82, 2.24) is 14.8 Å². The van der Waals surface area contributed by atoms with Crippen LogP contribution in [0.2, 0.25) is 5.28 Å². The molecule has 0 aliphatic carbocycles. The van der Waals surface area contributed by atoms with Crippen molar-refractivity contribution in [1.29, 1.82) is 0 Å². The van der Waals surface area contributed by atoms with Gasteiger partial charge in [0.2, 0.25) is 5.28 Å². The van der Waals surface area contributed by atoms with Crippen LogP contribution in [0.5, 0.6) is 0 Å². The predicted octanol–water partition coefficient (Wildman–Crippen LogP) is 1.29. The summed E-state index contributed by atoms with van der Waals surface area (Å²) in [6.45, 7) is 0.882. The fraction of sp³-hybridized carbons (Fsp3) is 0.600. The molecule has 0 bridgehead atoms. The van der Waals surface area contributed by atoms with Gasteiger partial charge >= 0.3 is 0 Å². The zero-order valence-corrected chi connectivity index (χ0v) is 7.19. The van der Waals surface area contributed by atoms with Crippen LogP contribution in [-0.2, 0) is 6.54 Å². The number of rotatable bonds is 3. The van der Waals surface area contributed by atoms with E-state index in [2.05, 4.69) is 16.5 Å². The molecule has 3 nitrogen and oxygen atoms in total. The summed E-state index contributed by atoms with van der Waals surface area (Å²) < 4.78 is 1.82. The number of halogens is 1. The largest absolute Gasteiger partial charge is 0.304 e. The summed E-state index contributed by atoms with van der Waals surface area (Å²) in [7, 11) is 0. The van der Waals surface area contributed by atoms with Gasteiger partial charge in [-0.05, 0) is 17.9 Å². The normalized spacial score (nSPS) is 10.2. The second-order valence-corrected chi connectivity index (χ2v) is 3.11. The Labute approximate surface area is 68.8 Å². The van der Waals surface area contributed by atoms with Crippen molar-refractivity contribution in [3.05, 3.63) is 11.6 Å². The van der Waals surface area contributed by atoms with E-state index >= 15 is 0 Å². The molecule has 0 aliphatic rings. The van der Waals surface area contributed by atoms with Crippen LogP contribution < -0.4 is 0 Å². The smallest absolute Gasteiger partial charge is 0.224 e. The van der Waals surface area contributed by atoms with Crippen molar-refractivity contribution in [2.24, 2.45) is 0 Å². The Morgan fingerprint density at radius 1 is 1.80 bits per heavy atom. The van der Waals surface area contributed by atoms with Crippen molar-refractivity contribution < 1.29 is 0 Å². The first-order valence-corrected chi connectivity index (χ1v) is 4.64. The van der Waals surface area contributed by atoms with Crippen LogP contribution in [0.25, 0.3) is 0 Å². The number of thioether (sulfide) groups is 1. The molecule has 0 amide bonds. The van der Waals surface area contributed by atoms with Gasteiger partial charge in [0.25, 0.3) is 0 Å². The summed E-state index contributed by atoms with van der Waals surface area (Å²) in [6, 6.07) is 0. The topological polar surface area (TPSA) is 30.7 Å². The van der Waals surface area contributed by atoms with Crippen LogP contribution in [0.3, 0.4) is 0 Å². The van der Waals surface area contributed by atoms with Crippen molar-refractivity contribution in [3.63, 3.8) is 0 Å². The van der Waals surface area contributed by atoms with E-state index in [9.17, 15) is 0 Å². The summed E-state index contributed by atoms with van der Waals surface area (Å²) in [5.41, 5.74) is 0. The maximum atomic E-state index is 5.66. The Morgan fingerprint density at radius 2 is 2.60 bits per heavy atom. The van der Waals surface area contributed by atoms with E-state index in [0.29, 0.717) is 5.28 Å². The van der Waals surface area contributed by atoms with Gasteiger partial charge < -0.3 is 4.57 Å². The maximum absolute atomic E-state index is 5.66. The molecule has 0 atom stereocenters. The number of hydrogen-bond donors (Lipinski definition) is 0. The fourth-order valence-corrected chi connectivity index (χ4v) is 1.13. The van der Waals surface area contributed by atoms with Gasteiger partial charge in [-0.25, -0.2) is 0 Å². The minimum atomic E-state index is 0.467. The molecule has 56 valence electrons. The Bertz CT molecular complexity index is 201. The van der Waals surface area contributed by atoms with Crippen LogP contribution in [0.4, 0.5) is 0 Å². The van der Waals surface area contributed by atoms with E-state index < -0.39 is 0 Å². The standard InChI is InChI=1S/C5H8ClN3S/c1-10-3-2-9-4-7-8-5(9)6/h4H,2-3H2,1H3. The molecule has 5 heteroatoms. The Morgan fingerprint density at radius 3 is 3.10 bits per heavy atom. The van der Waals surface area contributed by atoms with Crippen LogP contribution >= 0.6 is 23.4 Å². The highest BCUT2D eigenvalue weighted by Gasteiger charge is 1.97. The zero-order chi connectivity index (χ0) is 7.40. The molecule has 0 spiro atoms. The van der Waals surface area contributed by atoms with E-state index in [1.54, 1.807) is 18.1 Å². The van der Waals surface area contributed by atoms with Gasteiger partial charge in [0.15, 0.2) is 0 Å². The molecule has 1 aromatic rings. The van der Waals surface area contributed by atoms with E-state index in [1.165, 1.54) is 0 Å².